The van der Waals surface area contributed by atoms with Gasteiger partial charge in [-0.15, -0.1) is 0 Å². The summed E-state index contributed by atoms with van der Waals surface area (Å²) in [6.07, 6.45) is 9.88. The van der Waals surface area contributed by atoms with E-state index in [0.29, 0.717) is 0 Å². The first-order valence-corrected chi connectivity index (χ1v) is 5.85. The summed E-state index contributed by atoms with van der Waals surface area (Å²) in [5, 5.41) is 0. The molecule has 82 valence electrons. The Bertz CT molecular complexity index is 447. The number of fused-ring (bicyclic) bond motifs is 1. The van der Waals surface area contributed by atoms with Gasteiger partial charge in [0.05, 0.1) is 0 Å². The molecule has 1 aliphatic rings. The zero-order valence-electron chi connectivity index (χ0n) is 9.87. The molecule has 0 aromatic heterocycles. The quantitative estimate of drug-likeness (QED) is 0.589. The first kappa shape index (κ1) is 10.9. The maximum atomic E-state index is 4.07. The van der Waals surface area contributed by atoms with Crippen LogP contribution in [0.2, 0.25) is 0 Å². The molecular formula is C16H18. The van der Waals surface area contributed by atoms with Gasteiger partial charge in [-0.05, 0) is 37.3 Å². The molecule has 0 nitrogen and oxygen atoms in total. The van der Waals surface area contributed by atoms with Crippen LogP contribution in [0, 0.1) is 0 Å². The largest absolute Gasteiger partial charge is 0.0955 e. The zero-order chi connectivity index (χ0) is 11.4. The van der Waals surface area contributed by atoms with Crippen molar-refractivity contribution in [2.75, 3.05) is 0 Å². The Labute approximate surface area is 98.0 Å². The molecule has 0 bridgehead atoms. The van der Waals surface area contributed by atoms with Crippen molar-refractivity contribution in [3.63, 3.8) is 0 Å². The van der Waals surface area contributed by atoms with Gasteiger partial charge in [-0.1, -0.05) is 60.2 Å². The minimum atomic E-state index is 0.977. The Morgan fingerprint density at radius 1 is 1.19 bits per heavy atom. The van der Waals surface area contributed by atoms with E-state index in [9.17, 15) is 0 Å². The molecule has 0 heteroatoms. The molecule has 0 fully saturated rings. The lowest BCUT2D eigenvalue weighted by Gasteiger charge is -2.09. The summed E-state index contributed by atoms with van der Waals surface area (Å²) in [5.74, 6) is 0. The molecule has 0 amide bonds. The first-order valence-electron chi connectivity index (χ1n) is 5.85. The van der Waals surface area contributed by atoms with Crippen molar-refractivity contribution >= 4 is 6.08 Å². The molecule has 0 aliphatic heterocycles. The highest BCUT2D eigenvalue weighted by Crippen LogP contribution is 2.20. The molecule has 1 aromatic rings. The Balaban J connectivity index is 2.38. The van der Waals surface area contributed by atoms with E-state index in [1.807, 2.05) is 0 Å². The van der Waals surface area contributed by atoms with Crippen molar-refractivity contribution in [3.8, 4) is 0 Å². The van der Waals surface area contributed by atoms with Gasteiger partial charge in [0.15, 0.2) is 0 Å². The molecule has 2 rings (SSSR count). The predicted molar refractivity (Wildman–Crippen MR) is 71.3 cm³/mol. The van der Waals surface area contributed by atoms with E-state index in [4.69, 9.17) is 0 Å². The second-order valence-corrected chi connectivity index (χ2v) is 4.47. The summed E-state index contributed by atoms with van der Waals surface area (Å²) in [5.41, 5.74) is 5.39. The van der Waals surface area contributed by atoms with E-state index in [1.165, 1.54) is 22.3 Å². The average molecular weight is 210 g/mol. The highest BCUT2D eigenvalue weighted by Gasteiger charge is 2.01. The van der Waals surface area contributed by atoms with Crippen LogP contribution in [0.15, 0.2) is 54.1 Å². The lowest BCUT2D eigenvalue weighted by atomic mass is 9.97. The second kappa shape index (κ2) is 4.98. The topological polar surface area (TPSA) is 0 Å². The molecule has 0 heterocycles. The van der Waals surface area contributed by atoms with Crippen molar-refractivity contribution in [3.05, 3.63) is 65.3 Å². The van der Waals surface area contributed by atoms with Crippen molar-refractivity contribution < 1.29 is 0 Å². The molecule has 16 heavy (non-hydrogen) atoms. The standard InChI is InChI=1S/C16H18/c1-13-7-3-4-8-15-9-5-6-10-16(15)12-14(2)11-13/h3,5-7,9-10,12H,1,4,8,11H2,2H3/b7-3+,14-12+. The van der Waals surface area contributed by atoms with Gasteiger partial charge in [0.25, 0.3) is 0 Å². The van der Waals surface area contributed by atoms with Crippen LogP contribution in [-0.4, -0.2) is 0 Å². The maximum absolute atomic E-state index is 4.07. The van der Waals surface area contributed by atoms with E-state index in [0.717, 1.165) is 19.3 Å². The highest BCUT2D eigenvalue weighted by molar-refractivity contribution is 5.57. The summed E-state index contributed by atoms with van der Waals surface area (Å²) >= 11 is 0. The first-order chi connectivity index (χ1) is 7.75. The van der Waals surface area contributed by atoms with Crippen molar-refractivity contribution in [2.45, 2.75) is 26.2 Å². The van der Waals surface area contributed by atoms with Gasteiger partial charge in [0, 0.05) is 0 Å². The number of hydrogen-bond acceptors (Lipinski definition) is 0. The van der Waals surface area contributed by atoms with Crippen LogP contribution in [0.5, 0.6) is 0 Å². The van der Waals surface area contributed by atoms with Crippen molar-refractivity contribution in [1.29, 1.82) is 0 Å². The third-order valence-corrected chi connectivity index (χ3v) is 2.90. The SMILES string of the molecule is C=C1/C=C/CCc2ccccc2/C=C(\C)C1. The Kier molecular flexibility index (Phi) is 3.40. The van der Waals surface area contributed by atoms with Crippen LogP contribution in [0.4, 0.5) is 0 Å². The summed E-state index contributed by atoms with van der Waals surface area (Å²) in [6, 6.07) is 8.66. The zero-order valence-corrected chi connectivity index (χ0v) is 9.87. The van der Waals surface area contributed by atoms with Crippen LogP contribution in [0.25, 0.3) is 6.08 Å². The van der Waals surface area contributed by atoms with Crippen LogP contribution in [-0.2, 0) is 6.42 Å². The Morgan fingerprint density at radius 2 is 2.00 bits per heavy atom. The molecule has 1 aromatic carbocycles. The number of aryl methyl sites for hydroxylation is 1. The minimum absolute atomic E-state index is 0.977. The van der Waals surface area contributed by atoms with Crippen molar-refractivity contribution in [2.24, 2.45) is 0 Å². The molecule has 0 spiro atoms. The second-order valence-electron chi connectivity index (χ2n) is 4.47. The predicted octanol–water partition coefficient (Wildman–Crippen LogP) is 4.54. The Hall–Kier alpha value is -1.56. The fourth-order valence-electron chi connectivity index (χ4n) is 2.13. The summed E-state index contributed by atoms with van der Waals surface area (Å²) < 4.78 is 0. The number of benzene rings is 1. The third kappa shape index (κ3) is 2.73. The monoisotopic (exact) mass is 210 g/mol. The van der Waals surface area contributed by atoms with Gasteiger partial charge in [-0.25, -0.2) is 0 Å². The lowest BCUT2D eigenvalue weighted by molar-refractivity contribution is 0.990. The van der Waals surface area contributed by atoms with E-state index in [-0.39, 0.29) is 0 Å². The fourth-order valence-corrected chi connectivity index (χ4v) is 2.13. The molecule has 0 atom stereocenters. The van der Waals surface area contributed by atoms with E-state index >= 15 is 0 Å². The van der Waals surface area contributed by atoms with E-state index in [2.05, 4.69) is 56.0 Å². The highest BCUT2D eigenvalue weighted by atomic mass is 14.1. The maximum Gasteiger partial charge on any atom is -0.00725 e. The number of hydrogen-bond donors (Lipinski definition) is 0. The summed E-state index contributed by atoms with van der Waals surface area (Å²) in [6.45, 7) is 6.24. The summed E-state index contributed by atoms with van der Waals surface area (Å²) in [4.78, 5) is 0. The molecule has 0 saturated heterocycles. The van der Waals surface area contributed by atoms with E-state index < -0.39 is 0 Å². The molecule has 0 unspecified atom stereocenters. The average Bonchev–Trinajstić information content (AvgIpc) is 2.26. The van der Waals surface area contributed by atoms with Crippen LogP contribution in [0.1, 0.15) is 30.9 Å². The normalized spacial score (nSPS) is 21.8. The van der Waals surface area contributed by atoms with Gasteiger partial charge >= 0.3 is 0 Å². The van der Waals surface area contributed by atoms with Crippen LogP contribution in [0.3, 0.4) is 0 Å². The van der Waals surface area contributed by atoms with Crippen LogP contribution >= 0.6 is 0 Å². The lowest BCUT2D eigenvalue weighted by Crippen LogP contribution is -1.91. The van der Waals surface area contributed by atoms with Gasteiger partial charge in [0.1, 0.15) is 0 Å². The minimum Gasteiger partial charge on any atom is -0.0955 e. The number of allylic oxidation sites excluding steroid dienone is 4. The van der Waals surface area contributed by atoms with Crippen LogP contribution < -0.4 is 0 Å². The fraction of sp³-hybridized carbons (Fsp3) is 0.250. The third-order valence-electron chi connectivity index (χ3n) is 2.90. The molecule has 0 saturated carbocycles. The van der Waals surface area contributed by atoms with E-state index in [1.54, 1.807) is 0 Å². The molecule has 0 N–H and O–H groups in total. The van der Waals surface area contributed by atoms with Crippen molar-refractivity contribution in [1.82, 2.24) is 0 Å². The summed E-state index contributed by atoms with van der Waals surface area (Å²) in [7, 11) is 0. The van der Waals surface area contributed by atoms with Gasteiger partial charge < -0.3 is 0 Å². The molecule has 1 aliphatic carbocycles. The van der Waals surface area contributed by atoms with Gasteiger partial charge in [-0.3, -0.25) is 0 Å². The van der Waals surface area contributed by atoms with Gasteiger partial charge in [0.2, 0.25) is 0 Å². The number of rotatable bonds is 0. The smallest absolute Gasteiger partial charge is 0.00725 e. The Morgan fingerprint density at radius 3 is 2.88 bits per heavy atom. The molecular weight excluding hydrogens is 192 g/mol. The van der Waals surface area contributed by atoms with Gasteiger partial charge in [-0.2, -0.15) is 0 Å². The molecule has 0 radical (unpaired) electrons.